The molecule has 1 aliphatic rings. The van der Waals surface area contributed by atoms with Gasteiger partial charge in [-0.3, -0.25) is 5.09 Å². The maximum Gasteiger partial charge on any atom is 0.155 e. The summed E-state index contributed by atoms with van der Waals surface area (Å²) in [4.78, 5) is 0. The molecule has 3 heteroatoms. The van der Waals surface area contributed by atoms with Gasteiger partial charge >= 0.3 is 0 Å². The van der Waals surface area contributed by atoms with E-state index in [1.54, 1.807) is 0 Å². The van der Waals surface area contributed by atoms with Gasteiger partial charge in [0.1, 0.15) is 0 Å². The Bertz CT molecular complexity index is 248. The Kier molecular flexibility index (Phi) is 4.91. The first-order chi connectivity index (χ1) is 6.66. The first-order valence-corrected chi connectivity index (χ1v) is 7.73. The Balaban J connectivity index is 2.10. The highest BCUT2D eigenvalue weighted by atomic mass is 31.2. The Hall–Kier alpha value is -0.0700. The van der Waals surface area contributed by atoms with Crippen molar-refractivity contribution in [2.75, 3.05) is 18.9 Å². The molecule has 0 fully saturated rings. The van der Waals surface area contributed by atoms with E-state index in [1.807, 2.05) is 0 Å². The Labute approximate surface area is 87.6 Å². The molecule has 0 aliphatic carbocycles. The third-order valence-electron chi connectivity index (χ3n) is 2.67. The molecule has 0 radical (unpaired) electrons. The predicted molar refractivity (Wildman–Crippen MR) is 63.2 cm³/mol. The second-order valence-corrected chi connectivity index (χ2v) is 7.03. The van der Waals surface area contributed by atoms with Gasteiger partial charge in [0, 0.05) is 18.9 Å². The standard InChI is InChI=1S/C11H22NOP/c1-3-4-5-6-8-12-14(13)9-7-11(2)10-14/h7H,3-6,8-10H2,1-2H3,(H,12,13). The van der Waals surface area contributed by atoms with Crippen LogP contribution in [0.4, 0.5) is 0 Å². The molecule has 0 spiro atoms. The van der Waals surface area contributed by atoms with Crippen molar-refractivity contribution in [1.29, 1.82) is 0 Å². The maximum atomic E-state index is 12.1. The van der Waals surface area contributed by atoms with E-state index in [4.69, 9.17) is 0 Å². The summed E-state index contributed by atoms with van der Waals surface area (Å²) in [5, 5.41) is 3.25. The Morgan fingerprint density at radius 1 is 1.43 bits per heavy atom. The number of hydrogen-bond acceptors (Lipinski definition) is 1. The van der Waals surface area contributed by atoms with Crippen molar-refractivity contribution in [2.45, 2.75) is 39.5 Å². The average Bonchev–Trinajstić information content (AvgIpc) is 2.47. The number of allylic oxidation sites excluding steroid dienone is 2. The van der Waals surface area contributed by atoms with Crippen molar-refractivity contribution in [1.82, 2.24) is 5.09 Å². The van der Waals surface area contributed by atoms with E-state index < -0.39 is 7.29 Å². The van der Waals surface area contributed by atoms with Gasteiger partial charge in [0.15, 0.2) is 7.29 Å². The number of rotatable bonds is 6. The Morgan fingerprint density at radius 3 is 2.79 bits per heavy atom. The molecule has 1 N–H and O–H groups in total. The van der Waals surface area contributed by atoms with Gasteiger partial charge in [-0.25, -0.2) is 0 Å². The summed E-state index contributed by atoms with van der Waals surface area (Å²) in [5.74, 6) is 0. The SMILES string of the molecule is CCCCCCNP1(=O)CC=C(C)C1. The lowest BCUT2D eigenvalue weighted by Gasteiger charge is -2.13. The molecule has 82 valence electrons. The van der Waals surface area contributed by atoms with E-state index in [2.05, 4.69) is 25.0 Å². The topological polar surface area (TPSA) is 29.1 Å². The minimum atomic E-state index is -2.02. The van der Waals surface area contributed by atoms with Gasteiger partial charge in [-0.15, -0.1) is 0 Å². The van der Waals surface area contributed by atoms with Gasteiger partial charge in [-0.05, 0) is 13.3 Å². The largest absolute Gasteiger partial charge is 0.306 e. The second kappa shape index (κ2) is 5.72. The van der Waals surface area contributed by atoms with Gasteiger partial charge in [-0.1, -0.05) is 37.8 Å². The molecule has 1 aliphatic heterocycles. The number of nitrogens with one attached hydrogen (secondary N) is 1. The minimum Gasteiger partial charge on any atom is -0.306 e. The van der Waals surface area contributed by atoms with Crippen molar-refractivity contribution in [2.24, 2.45) is 0 Å². The van der Waals surface area contributed by atoms with Crippen molar-refractivity contribution >= 4 is 7.29 Å². The highest BCUT2D eigenvalue weighted by Crippen LogP contribution is 2.47. The van der Waals surface area contributed by atoms with Crippen LogP contribution in [0.1, 0.15) is 39.5 Å². The number of unbranched alkanes of at least 4 members (excludes halogenated alkanes) is 3. The van der Waals surface area contributed by atoms with Crippen LogP contribution in [0.2, 0.25) is 0 Å². The fourth-order valence-electron chi connectivity index (χ4n) is 1.79. The predicted octanol–water partition coefficient (Wildman–Crippen LogP) is 3.39. The number of hydrogen-bond donors (Lipinski definition) is 1. The molecule has 0 saturated heterocycles. The van der Waals surface area contributed by atoms with E-state index in [9.17, 15) is 4.57 Å². The zero-order valence-corrected chi connectivity index (χ0v) is 10.3. The van der Waals surface area contributed by atoms with Crippen molar-refractivity contribution < 1.29 is 4.57 Å². The summed E-state index contributed by atoms with van der Waals surface area (Å²) in [6, 6.07) is 0. The van der Waals surface area contributed by atoms with Crippen LogP contribution in [-0.4, -0.2) is 18.9 Å². The van der Waals surface area contributed by atoms with Crippen LogP contribution >= 0.6 is 7.29 Å². The first-order valence-electron chi connectivity index (χ1n) is 5.65. The monoisotopic (exact) mass is 215 g/mol. The lowest BCUT2D eigenvalue weighted by atomic mass is 10.2. The lowest BCUT2D eigenvalue weighted by Crippen LogP contribution is -2.13. The maximum absolute atomic E-state index is 12.1. The Morgan fingerprint density at radius 2 is 2.21 bits per heavy atom. The minimum absolute atomic E-state index is 0.770. The summed E-state index contributed by atoms with van der Waals surface area (Å²) >= 11 is 0. The molecule has 0 aromatic rings. The van der Waals surface area contributed by atoms with Crippen LogP contribution in [-0.2, 0) is 4.57 Å². The first kappa shape index (κ1) is 12.0. The van der Waals surface area contributed by atoms with Crippen molar-refractivity contribution in [3.05, 3.63) is 11.6 Å². The van der Waals surface area contributed by atoms with Gasteiger partial charge in [-0.2, -0.15) is 0 Å². The molecule has 1 atom stereocenters. The summed E-state index contributed by atoms with van der Waals surface area (Å²) in [6.45, 7) is 5.20. The van der Waals surface area contributed by atoms with E-state index in [1.165, 1.54) is 24.8 Å². The van der Waals surface area contributed by atoms with Gasteiger partial charge in [0.05, 0.1) is 0 Å². The fraction of sp³-hybridized carbons (Fsp3) is 0.818. The summed E-state index contributed by atoms with van der Waals surface area (Å²) in [6.07, 6.45) is 8.65. The normalized spacial score (nSPS) is 26.6. The van der Waals surface area contributed by atoms with Gasteiger partial charge < -0.3 is 4.57 Å². The highest BCUT2D eigenvalue weighted by Gasteiger charge is 2.24. The summed E-state index contributed by atoms with van der Waals surface area (Å²) < 4.78 is 12.1. The van der Waals surface area contributed by atoms with Gasteiger partial charge in [0.25, 0.3) is 0 Å². The fourth-order valence-corrected chi connectivity index (χ4v) is 4.27. The highest BCUT2D eigenvalue weighted by molar-refractivity contribution is 7.62. The second-order valence-electron chi connectivity index (χ2n) is 4.25. The van der Waals surface area contributed by atoms with E-state index in [0.29, 0.717) is 0 Å². The molecule has 14 heavy (non-hydrogen) atoms. The van der Waals surface area contributed by atoms with Crippen LogP contribution in [0.25, 0.3) is 0 Å². The van der Waals surface area contributed by atoms with E-state index in [0.717, 1.165) is 25.3 Å². The molecule has 2 nitrogen and oxygen atoms in total. The molecule has 0 bridgehead atoms. The molecule has 0 aromatic carbocycles. The molecule has 0 amide bonds. The van der Waals surface area contributed by atoms with Crippen molar-refractivity contribution in [3.63, 3.8) is 0 Å². The van der Waals surface area contributed by atoms with Crippen LogP contribution < -0.4 is 5.09 Å². The third-order valence-corrected chi connectivity index (χ3v) is 5.25. The van der Waals surface area contributed by atoms with Crippen LogP contribution in [0.5, 0.6) is 0 Å². The van der Waals surface area contributed by atoms with E-state index in [-0.39, 0.29) is 0 Å². The van der Waals surface area contributed by atoms with Crippen LogP contribution in [0.3, 0.4) is 0 Å². The molecule has 1 heterocycles. The molecule has 0 saturated carbocycles. The van der Waals surface area contributed by atoms with Crippen LogP contribution in [0, 0.1) is 0 Å². The summed E-state index contributed by atoms with van der Waals surface area (Å²) in [5.41, 5.74) is 1.29. The smallest absolute Gasteiger partial charge is 0.155 e. The lowest BCUT2D eigenvalue weighted by molar-refractivity contribution is 0.564. The molecule has 1 rings (SSSR count). The summed E-state index contributed by atoms with van der Waals surface area (Å²) in [7, 11) is -2.02. The molecule has 0 aromatic heterocycles. The van der Waals surface area contributed by atoms with Crippen LogP contribution in [0.15, 0.2) is 11.6 Å². The zero-order chi connectivity index (χ0) is 10.4. The zero-order valence-electron chi connectivity index (χ0n) is 9.38. The molecule has 1 unspecified atom stereocenters. The van der Waals surface area contributed by atoms with E-state index >= 15 is 0 Å². The quantitative estimate of drug-likeness (QED) is 0.418. The molecular weight excluding hydrogens is 193 g/mol. The molecular formula is C11H22NOP. The van der Waals surface area contributed by atoms with Gasteiger partial charge in [0.2, 0.25) is 0 Å². The average molecular weight is 215 g/mol. The third kappa shape index (κ3) is 3.98. The van der Waals surface area contributed by atoms with Crippen molar-refractivity contribution in [3.8, 4) is 0 Å².